The maximum atomic E-state index is 4.78. The quantitative estimate of drug-likeness (QED) is 0.902. The minimum absolute atomic E-state index is 0.318. The molecule has 2 fully saturated rings. The van der Waals surface area contributed by atoms with E-state index in [2.05, 4.69) is 37.9 Å². The van der Waals surface area contributed by atoms with Crippen LogP contribution in [0.2, 0.25) is 0 Å². The van der Waals surface area contributed by atoms with Gasteiger partial charge < -0.3 is 5.32 Å². The van der Waals surface area contributed by atoms with Crippen molar-refractivity contribution in [1.82, 2.24) is 15.2 Å². The molecule has 0 aromatic carbocycles. The van der Waals surface area contributed by atoms with E-state index in [9.17, 15) is 0 Å². The zero-order valence-corrected chi connectivity index (χ0v) is 14.7. The van der Waals surface area contributed by atoms with E-state index >= 15 is 0 Å². The van der Waals surface area contributed by atoms with Crippen molar-refractivity contribution in [2.24, 2.45) is 5.92 Å². The molecule has 3 nitrogen and oxygen atoms in total. The molecule has 1 aliphatic heterocycles. The fraction of sp³-hybridized carbons (Fsp3) is 0.824. The Kier molecular flexibility index (Phi) is 4.40. The van der Waals surface area contributed by atoms with Crippen LogP contribution in [0.4, 0.5) is 0 Å². The van der Waals surface area contributed by atoms with E-state index in [1.807, 2.05) is 11.3 Å². The highest BCUT2D eigenvalue weighted by Crippen LogP contribution is 2.38. The van der Waals surface area contributed by atoms with Crippen LogP contribution in [-0.2, 0) is 6.54 Å². The largest absolute Gasteiger partial charge is 0.311 e. The zero-order chi connectivity index (χ0) is 15.0. The first-order valence-electron chi connectivity index (χ1n) is 8.49. The number of thiazole rings is 1. The number of piperazine rings is 1. The first-order chi connectivity index (χ1) is 10.1. The molecule has 1 aliphatic carbocycles. The lowest BCUT2D eigenvalue weighted by molar-refractivity contribution is 0.0202. The lowest BCUT2D eigenvalue weighted by Crippen LogP contribution is -2.64. The summed E-state index contributed by atoms with van der Waals surface area (Å²) >= 11 is 1.88. The van der Waals surface area contributed by atoms with Gasteiger partial charge in [0.15, 0.2) is 0 Å². The van der Waals surface area contributed by atoms with Gasteiger partial charge in [-0.05, 0) is 45.4 Å². The van der Waals surface area contributed by atoms with E-state index < -0.39 is 0 Å². The number of aromatic nitrogens is 1. The number of nitrogens with one attached hydrogen (secondary N) is 1. The normalized spacial score (nSPS) is 26.2. The van der Waals surface area contributed by atoms with Crippen molar-refractivity contribution in [2.45, 2.75) is 71.5 Å². The van der Waals surface area contributed by atoms with Crippen molar-refractivity contribution in [2.75, 3.05) is 13.1 Å². The van der Waals surface area contributed by atoms with Crippen LogP contribution in [0.3, 0.4) is 0 Å². The second-order valence-electron chi connectivity index (χ2n) is 6.89. The second-order valence-corrected chi connectivity index (χ2v) is 8.17. The average Bonchev–Trinajstić information content (AvgIpc) is 3.27. The van der Waals surface area contributed by atoms with Gasteiger partial charge in [0.05, 0.1) is 12.2 Å². The molecule has 1 N–H and O–H groups in total. The molecule has 2 aliphatic rings. The molecule has 1 saturated heterocycles. The van der Waals surface area contributed by atoms with Gasteiger partial charge >= 0.3 is 0 Å². The Bertz CT molecular complexity index is 469. The highest BCUT2D eigenvalue weighted by atomic mass is 32.1. The highest BCUT2D eigenvalue weighted by molar-refractivity contribution is 7.11. The van der Waals surface area contributed by atoms with Crippen LogP contribution >= 0.6 is 11.3 Å². The summed E-state index contributed by atoms with van der Waals surface area (Å²) in [6.07, 6.45) is 5.28. The van der Waals surface area contributed by atoms with Crippen LogP contribution in [-0.4, -0.2) is 34.6 Å². The predicted octanol–water partition coefficient (Wildman–Crippen LogP) is 3.50. The Morgan fingerprint density at radius 1 is 1.29 bits per heavy atom. The molecular formula is C17H29N3S. The number of hydrogen-bond acceptors (Lipinski definition) is 4. The summed E-state index contributed by atoms with van der Waals surface area (Å²) in [5.41, 5.74) is 1.53. The Labute approximate surface area is 133 Å². The molecule has 0 radical (unpaired) electrons. The molecule has 21 heavy (non-hydrogen) atoms. The van der Waals surface area contributed by atoms with E-state index in [0.717, 1.165) is 19.0 Å². The molecule has 3 rings (SSSR count). The van der Waals surface area contributed by atoms with Gasteiger partial charge in [-0.2, -0.15) is 0 Å². The van der Waals surface area contributed by atoms with Gasteiger partial charge in [0.25, 0.3) is 0 Å². The lowest BCUT2D eigenvalue weighted by atomic mass is 9.86. The van der Waals surface area contributed by atoms with E-state index in [1.165, 1.54) is 47.8 Å². The Hall–Kier alpha value is -0.450. The molecule has 0 spiro atoms. The summed E-state index contributed by atoms with van der Waals surface area (Å²) in [5, 5.41) is 5.15. The third-order valence-electron chi connectivity index (χ3n) is 5.69. The summed E-state index contributed by atoms with van der Waals surface area (Å²) < 4.78 is 0. The fourth-order valence-electron chi connectivity index (χ4n) is 3.69. The van der Waals surface area contributed by atoms with Gasteiger partial charge in [-0.1, -0.05) is 13.8 Å². The second kappa shape index (κ2) is 5.98. The summed E-state index contributed by atoms with van der Waals surface area (Å²) in [5.74, 6) is 0.930. The third kappa shape index (κ3) is 3.03. The van der Waals surface area contributed by atoms with Crippen LogP contribution in [0.5, 0.6) is 0 Å². The SMILES string of the molecule is CCC1(CC)CNC(C2CC2)CN1Cc1nc(C)c(C)s1. The van der Waals surface area contributed by atoms with Crippen molar-refractivity contribution >= 4 is 11.3 Å². The van der Waals surface area contributed by atoms with Crippen molar-refractivity contribution in [3.63, 3.8) is 0 Å². The van der Waals surface area contributed by atoms with Gasteiger partial charge in [0.2, 0.25) is 0 Å². The monoisotopic (exact) mass is 307 g/mol. The molecular weight excluding hydrogens is 278 g/mol. The van der Waals surface area contributed by atoms with Gasteiger partial charge in [-0.3, -0.25) is 4.90 Å². The Morgan fingerprint density at radius 2 is 2.00 bits per heavy atom. The van der Waals surface area contributed by atoms with Crippen LogP contribution in [0.1, 0.15) is 55.1 Å². The van der Waals surface area contributed by atoms with Crippen LogP contribution in [0, 0.1) is 19.8 Å². The molecule has 118 valence electrons. The first kappa shape index (κ1) is 15.4. The van der Waals surface area contributed by atoms with E-state index in [-0.39, 0.29) is 0 Å². The number of aryl methyl sites for hydroxylation is 2. The number of nitrogens with zero attached hydrogens (tertiary/aromatic N) is 2. The highest BCUT2D eigenvalue weighted by Gasteiger charge is 2.43. The van der Waals surface area contributed by atoms with Crippen LogP contribution in [0.15, 0.2) is 0 Å². The maximum absolute atomic E-state index is 4.78. The van der Waals surface area contributed by atoms with E-state index in [1.54, 1.807) is 0 Å². The molecule has 1 aromatic heterocycles. The van der Waals surface area contributed by atoms with Gasteiger partial charge in [0, 0.05) is 29.5 Å². The molecule has 1 atom stereocenters. The predicted molar refractivity (Wildman–Crippen MR) is 89.8 cm³/mol. The molecule has 0 bridgehead atoms. The number of hydrogen-bond donors (Lipinski definition) is 1. The molecule has 0 amide bonds. The Morgan fingerprint density at radius 3 is 2.52 bits per heavy atom. The van der Waals surface area contributed by atoms with Gasteiger partial charge in [-0.15, -0.1) is 11.3 Å². The fourth-order valence-corrected chi connectivity index (χ4v) is 4.64. The summed E-state index contributed by atoms with van der Waals surface area (Å²) in [4.78, 5) is 8.89. The average molecular weight is 308 g/mol. The number of rotatable bonds is 5. The Balaban J connectivity index is 1.78. The third-order valence-corrected chi connectivity index (χ3v) is 6.75. The van der Waals surface area contributed by atoms with Crippen molar-refractivity contribution in [1.29, 1.82) is 0 Å². The van der Waals surface area contributed by atoms with Crippen molar-refractivity contribution < 1.29 is 0 Å². The zero-order valence-electron chi connectivity index (χ0n) is 13.9. The smallest absolute Gasteiger partial charge is 0.107 e. The minimum Gasteiger partial charge on any atom is -0.311 e. The molecule has 1 aromatic rings. The molecule has 4 heteroatoms. The topological polar surface area (TPSA) is 28.2 Å². The molecule has 2 heterocycles. The molecule has 1 saturated carbocycles. The first-order valence-corrected chi connectivity index (χ1v) is 9.31. The van der Waals surface area contributed by atoms with Crippen molar-refractivity contribution in [3.8, 4) is 0 Å². The summed E-state index contributed by atoms with van der Waals surface area (Å²) in [7, 11) is 0. The van der Waals surface area contributed by atoms with E-state index in [4.69, 9.17) is 4.98 Å². The van der Waals surface area contributed by atoms with Crippen LogP contribution < -0.4 is 5.32 Å². The standard InChI is InChI=1S/C17H29N3S/c1-5-17(6-2)11-18-15(14-7-8-14)9-20(17)10-16-19-12(3)13(4)21-16/h14-15,18H,5-11H2,1-4H3. The van der Waals surface area contributed by atoms with Crippen molar-refractivity contribution in [3.05, 3.63) is 15.6 Å². The maximum Gasteiger partial charge on any atom is 0.107 e. The van der Waals surface area contributed by atoms with Gasteiger partial charge in [-0.25, -0.2) is 4.98 Å². The lowest BCUT2D eigenvalue weighted by Gasteiger charge is -2.49. The summed E-state index contributed by atoms with van der Waals surface area (Å²) in [6, 6.07) is 0.707. The molecule has 1 unspecified atom stereocenters. The van der Waals surface area contributed by atoms with E-state index in [0.29, 0.717) is 11.6 Å². The van der Waals surface area contributed by atoms with Crippen LogP contribution in [0.25, 0.3) is 0 Å². The van der Waals surface area contributed by atoms with Gasteiger partial charge in [0.1, 0.15) is 5.01 Å². The summed E-state index contributed by atoms with van der Waals surface area (Å²) in [6.45, 7) is 12.4. The minimum atomic E-state index is 0.318.